The van der Waals surface area contributed by atoms with Crippen molar-refractivity contribution in [1.29, 1.82) is 0 Å². The Hall–Kier alpha value is -1.98. The SMILES string of the molecule is Fc1c(F)c(F)c(Br)c(F)c1F.Oc1c(F)c(F)c(F)c(F)c1F. The van der Waals surface area contributed by atoms with Crippen molar-refractivity contribution in [2.24, 2.45) is 0 Å². The van der Waals surface area contributed by atoms with Crippen LogP contribution in [0.2, 0.25) is 0 Å². The van der Waals surface area contributed by atoms with Gasteiger partial charge in [-0.3, -0.25) is 0 Å². The first-order chi connectivity index (χ1) is 10.9. The standard InChI is InChI=1S/C6BrF5.C6HF5O/c2*7-1-2(8)4(10)6(12)5(11)3(1)9/h;12H. The van der Waals surface area contributed by atoms with Crippen LogP contribution < -0.4 is 0 Å². The zero-order valence-corrected chi connectivity index (χ0v) is 12.2. The number of hydrogen-bond acceptors (Lipinski definition) is 1. The highest BCUT2D eigenvalue weighted by molar-refractivity contribution is 9.10. The van der Waals surface area contributed by atoms with Gasteiger partial charge in [-0.2, -0.15) is 8.78 Å². The van der Waals surface area contributed by atoms with Crippen molar-refractivity contribution >= 4 is 15.9 Å². The molecule has 1 N–H and O–H groups in total. The van der Waals surface area contributed by atoms with Gasteiger partial charge in [-0.25, -0.2) is 35.1 Å². The molecule has 0 unspecified atom stereocenters. The van der Waals surface area contributed by atoms with E-state index in [1.165, 1.54) is 0 Å². The van der Waals surface area contributed by atoms with Gasteiger partial charge in [0.15, 0.2) is 29.0 Å². The molecule has 12 heteroatoms. The highest BCUT2D eigenvalue weighted by atomic mass is 79.9. The molecule has 0 spiro atoms. The fourth-order valence-electron chi connectivity index (χ4n) is 1.17. The minimum atomic E-state index is -2.29. The molecule has 2 aromatic carbocycles. The molecule has 24 heavy (non-hydrogen) atoms. The van der Waals surface area contributed by atoms with Gasteiger partial charge >= 0.3 is 0 Å². The van der Waals surface area contributed by atoms with Crippen LogP contribution in [0.4, 0.5) is 43.9 Å². The van der Waals surface area contributed by atoms with Crippen LogP contribution in [0.15, 0.2) is 4.47 Å². The lowest BCUT2D eigenvalue weighted by Crippen LogP contribution is -2.01. The second-order valence-corrected chi connectivity index (χ2v) is 4.60. The van der Waals surface area contributed by atoms with Crippen molar-refractivity contribution < 1.29 is 49.0 Å². The molecule has 0 radical (unpaired) electrons. The first kappa shape index (κ1) is 20.1. The van der Waals surface area contributed by atoms with Crippen molar-refractivity contribution in [3.63, 3.8) is 0 Å². The molecule has 0 aliphatic heterocycles. The summed E-state index contributed by atoms with van der Waals surface area (Å²) < 4.78 is 121. The van der Waals surface area contributed by atoms with Crippen molar-refractivity contribution in [2.75, 3.05) is 0 Å². The van der Waals surface area contributed by atoms with Crippen LogP contribution in [-0.4, -0.2) is 5.11 Å². The maximum absolute atomic E-state index is 12.4. The van der Waals surface area contributed by atoms with Gasteiger partial charge in [-0.05, 0) is 15.9 Å². The number of benzene rings is 2. The highest BCUT2D eigenvalue weighted by Crippen LogP contribution is 2.28. The van der Waals surface area contributed by atoms with E-state index in [2.05, 4.69) is 15.9 Å². The van der Waals surface area contributed by atoms with Gasteiger partial charge < -0.3 is 5.11 Å². The van der Waals surface area contributed by atoms with Gasteiger partial charge in [0.2, 0.25) is 34.9 Å². The average molecular weight is 431 g/mol. The maximum Gasteiger partial charge on any atom is 0.206 e. The average Bonchev–Trinajstić information content (AvgIpc) is 2.58. The molecule has 0 aliphatic rings. The fraction of sp³-hybridized carbons (Fsp3) is 0. The van der Waals surface area contributed by atoms with E-state index in [0.29, 0.717) is 0 Å². The first-order valence-corrected chi connectivity index (χ1v) is 6.10. The number of phenolic OH excluding ortho intramolecular Hbond substituents is 1. The van der Waals surface area contributed by atoms with E-state index in [-0.39, 0.29) is 0 Å². The van der Waals surface area contributed by atoms with E-state index in [9.17, 15) is 43.9 Å². The van der Waals surface area contributed by atoms with Crippen LogP contribution in [0.25, 0.3) is 0 Å². The van der Waals surface area contributed by atoms with Gasteiger partial charge in [-0.15, -0.1) is 0 Å². The molecule has 0 aromatic heterocycles. The third kappa shape index (κ3) is 3.42. The Kier molecular flexibility index (Phi) is 6.09. The second kappa shape index (κ2) is 7.28. The Labute approximate surface area is 134 Å². The van der Waals surface area contributed by atoms with E-state index in [0.717, 1.165) is 0 Å². The van der Waals surface area contributed by atoms with Crippen molar-refractivity contribution in [3.05, 3.63) is 62.6 Å². The Morgan fingerprint density at radius 3 is 0.917 bits per heavy atom. The molecular weight excluding hydrogens is 430 g/mol. The Morgan fingerprint density at radius 2 is 0.625 bits per heavy atom. The van der Waals surface area contributed by atoms with Crippen molar-refractivity contribution in [3.8, 4) is 5.75 Å². The molecule has 0 atom stereocenters. The zero-order chi connectivity index (χ0) is 18.9. The molecule has 0 heterocycles. The lowest BCUT2D eigenvalue weighted by molar-refractivity contribution is 0.325. The zero-order valence-electron chi connectivity index (χ0n) is 10.6. The topological polar surface area (TPSA) is 20.2 Å². The Bertz CT molecular complexity index is 530. The fourth-order valence-corrected chi connectivity index (χ4v) is 1.52. The van der Waals surface area contributed by atoms with E-state index in [1.54, 1.807) is 0 Å². The molecule has 0 aliphatic carbocycles. The Morgan fingerprint density at radius 1 is 0.417 bits per heavy atom. The van der Waals surface area contributed by atoms with Gasteiger partial charge in [-0.1, -0.05) is 0 Å². The number of halogens is 11. The summed E-state index contributed by atoms with van der Waals surface area (Å²) in [5.74, 6) is -22.8. The van der Waals surface area contributed by atoms with Gasteiger partial charge in [0.25, 0.3) is 0 Å². The molecule has 0 saturated heterocycles. The second-order valence-electron chi connectivity index (χ2n) is 3.80. The summed E-state index contributed by atoms with van der Waals surface area (Å²) in [4.78, 5) is 0. The van der Waals surface area contributed by atoms with Crippen LogP contribution in [0.3, 0.4) is 0 Å². The van der Waals surface area contributed by atoms with Crippen LogP contribution in [0.5, 0.6) is 5.75 Å². The first-order valence-electron chi connectivity index (χ1n) is 5.30. The third-order valence-electron chi connectivity index (χ3n) is 2.34. The maximum atomic E-state index is 12.4. The van der Waals surface area contributed by atoms with Gasteiger partial charge in [0.1, 0.15) is 0 Å². The number of rotatable bonds is 0. The predicted molar refractivity (Wildman–Crippen MR) is 61.8 cm³/mol. The molecule has 2 rings (SSSR count). The summed E-state index contributed by atoms with van der Waals surface area (Å²) in [7, 11) is 0. The lowest BCUT2D eigenvalue weighted by Gasteiger charge is -2.00. The highest BCUT2D eigenvalue weighted by Gasteiger charge is 2.25. The van der Waals surface area contributed by atoms with Gasteiger partial charge in [0.05, 0.1) is 4.47 Å². The quantitative estimate of drug-likeness (QED) is 0.344. The lowest BCUT2D eigenvalue weighted by atomic mass is 10.3. The molecule has 1 nitrogen and oxygen atoms in total. The normalized spacial score (nSPS) is 10.5. The van der Waals surface area contributed by atoms with Crippen LogP contribution in [0, 0.1) is 58.2 Å². The minimum Gasteiger partial charge on any atom is -0.503 e. The smallest absolute Gasteiger partial charge is 0.206 e. The van der Waals surface area contributed by atoms with Crippen LogP contribution in [0.1, 0.15) is 0 Å². The van der Waals surface area contributed by atoms with Crippen molar-refractivity contribution in [2.45, 2.75) is 0 Å². The summed E-state index contributed by atoms with van der Waals surface area (Å²) >= 11 is 2.22. The van der Waals surface area contributed by atoms with Crippen molar-refractivity contribution in [1.82, 2.24) is 0 Å². The largest absolute Gasteiger partial charge is 0.503 e. The van der Waals surface area contributed by atoms with E-state index in [1.807, 2.05) is 0 Å². The molecule has 0 saturated carbocycles. The summed E-state index contributed by atoms with van der Waals surface area (Å²) in [5, 5.41) is 8.30. The third-order valence-corrected chi connectivity index (χ3v) is 3.04. The molecule has 0 amide bonds. The monoisotopic (exact) mass is 430 g/mol. The molecule has 0 bridgehead atoms. The summed E-state index contributed by atoms with van der Waals surface area (Å²) in [5.41, 5.74) is 0. The van der Waals surface area contributed by atoms with E-state index >= 15 is 0 Å². The number of phenols is 1. The molecule has 2 aromatic rings. The molecule has 0 fully saturated rings. The summed E-state index contributed by atoms with van der Waals surface area (Å²) in [6.45, 7) is 0. The summed E-state index contributed by atoms with van der Waals surface area (Å²) in [6.07, 6.45) is 0. The Balaban J connectivity index is 0.000000240. The van der Waals surface area contributed by atoms with Gasteiger partial charge in [0, 0.05) is 0 Å². The predicted octanol–water partition coefficient (Wildman–Crippen LogP) is 5.23. The number of hydrogen-bond donors (Lipinski definition) is 1. The number of aromatic hydroxyl groups is 1. The van der Waals surface area contributed by atoms with E-state index < -0.39 is 68.4 Å². The van der Waals surface area contributed by atoms with E-state index in [4.69, 9.17) is 5.11 Å². The molecular formula is C12HBrF10O. The molecule has 132 valence electrons. The van der Waals surface area contributed by atoms with Crippen LogP contribution >= 0.6 is 15.9 Å². The van der Waals surface area contributed by atoms with Crippen LogP contribution in [-0.2, 0) is 0 Å². The summed E-state index contributed by atoms with van der Waals surface area (Å²) in [6, 6.07) is 0. The minimum absolute atomic E-state index is 1.06.